The van der Waals surface area contributed by atoms with Gasteiger partial charge < -0.3 is 10.6 Å². The quantitative estimate of drug-likeness (QED) is 0.471. The molecule has 2 atom stereocenters. The predicted molar refractivity (Wildman–Crippen MR) is 101 cm³/mol. The summed E-state index contributed by atoms with van der Waals surface area (Å²) in [5, 5.41) is 7.47. The van der Waals surface area contributed by atoms with Gasteiger partial charge in [-0.2, -0.15) is 11.8 Å². The van der Waals surface area contributed by atoms with Crippen molar-refractivity contribution >= 4 is 27.7 Å². The van der Waals surface area contributed by atoms with Crippen molar-refractivity contribution in [2.45, 2.75) is 63.3 Å². The summed E-state index contributed by atoms with van der Waals surface area (Å²) in [5.41, 5.74) is -0.607. The summed E-state index contributed by atoms with van der Waals surface area (Å²) in [6.45, 7) is 6.87. The number of hydrogen-bond donors (Lipinski definition) is 3. The molecule has 0 bridgehead atoms. The number of rotatable bonds is 7. The first-order chi connectivity index (χ1) is 10.6. The maximum atomic E-state index is 11.4. The standard InChI is InChI=1S/C15H32N4O2S2/c1-6-16-14(17-11-15(2,3)19-23(5,20)21)18-12-8-7-9-13(10-12)22-4/h12-13,19H,6-11H2,1-5H3,(H2,16,17,18). The highest BCUT2D eigenvalue weighted by Crippen LogP contribution is 2.26. The number of nitrogens with zero attached hydrogens (tertiary/aromatic N) is 1. The number of nitrogens with one attached hydrogen (secondary N) is 3. The second-order valence-corrected chi connectivity index (χ2v) is 9.71. The zero-order valence-corrected chi connectivity index (χ0v) is 16.6. The zero-order chi connectivity index (χ0) is 17.5. The van der Waals surface area contributed by atoms with Gasteiger partial charge >= 0.3 is 0 Å². The Kier molecular flexibility index (Phi) is 8.17. The number of hydrogen-bond acceptors (Lipinski definition) is 4. The average Bonchev–Trinajstić information content (AvgIpc) is 2.43. The Morgan fingerprint density at radius 3 is 2.61 bits per heavy atom. The van der Waals surface area contributed by atoms with E-state index in [9.17, 15) is 8.42 Å². The maximum absolute atomic E-state index is 11.4. The molecule has 8 heteroatoms. The van der Waals surface area contributed by atoms with Gasteiger partial charge in [0, 0.05) is 23.4 Å². The fourth-order valence-electron chi connectivity index (χ4n) is 2.81. The molecule has 0 aromatic carbocycles. The van der Waals surface area contributed by atoms with Gasteiger partial charge in [-0.15, -0.1) is 0 Å². The van der Waals surface area contributed by atoms with Gasteiger partial charge in [-0.1, -0.05) is 6.42 Å². The smallest absolute Gasteiger partial charge is 0.209 e. The van der Waals surface area contributed by atoms with Crippen molar-refractivity contribution in [2.24, 2.45) is 4.99 Å². The number of guanidine groups is 1. The summed E-state index contributed by atoms with van der Waals surface area (Å²) in [7, 11) is -3.24. The van der Waals surface area contributed by atoms with Gasteiger partial charge in [0.2, 0.25) is 10.0 Å². The van der Waals surface area contributed by atoms with E-state index in [4.69, 9.17) is 0 Å². The summed E-state index contributed by atoms with van der Waals surface area (Å²) >= 11 is 1.94. The first kappa shape index (κ1) is 20.6. The Morgan fingerprint density at radius 1 is 1.35 bits per heavy atom. The summed E-state index contributed by atoms with van der Waals surface area (Å²) in [4.78, 5) is 4.57. The molecule has 0 aliphatic heterocycles. The molecule has 0 heterocycles. The fourth-order valence-corrected chi connectivity index (χ4v) is 4.71. The summed E-state index contributed by atoms with van der Waals surface area (Å²) in [6, 6.07) is 0.435. The number of sulfonamides is 1. The van der Waals surface area contributed by atoms with Gasteiger partial charge in [-0.25, -0.2) is 13.1 Å². The summed E-state index contributed by atoms with van der Waals surface area (Å²) in [6.07, 6.45) is 8.18. The summed E-state index contributed by atoms with van der Waals surface area (Å²) < 4.78 is 25.4. The van der Waals surface area contributed by atoms with E-state index < -0.39 is 15.6 Å². The lowest BCUT2D eigenvalue weighted by Gasteiger charge is -2.30. The van der Waals surface area contributed by atoms with Crippen molar-refractivity contribution < 1.29 is 8.42 Å². The summed E-state index contributed by atoms with van der Waals surface area (Å²) in [5.74, 6) is 0.766. The maximum Gasteiger partial charge on any atom is 0.209 e. The Morgan fingerprint density at radius 2 is 2.04 bits per heavy atom. The normalized spacial score (nSPS) is 23.6. The van der Waals surface area contributed by atoms with Gasteiger partial charge in [-0.05, 0) is 46.3 Å². The van der Waals surface area contributed by atoms with Crippen LogP contribution in [-0.4, -0.2) is 56.8 Å². The van der Waals surface area contributed by atoms with Gasteiger partial charge in [0.15, 0.2) is 5.96 Å². The molecule has 0 saturated heterocycles. The topological polar surface area (TPSA) is 82.6 Å². The van der Waals surface area contributed by atoms with Crippen molar-refractivity contribution in [3.05, 3.63) is 0 Å². The van der Waals surface area contributed by atoms with Crippen LogP contribution in [0.15, 0.2) is 4.99 Å². The van der Waals surface area contributed by atoms with Crippen LogP contribution < -0.4 is 15.4 Å². The van der Waals surface area contributed by atoms with Crippen LogP contribution in [0, 0.1) is 0 Å². The second kappa shape index (κ2) is 9.13. The molecule has 1 aliphatic carbocycles. The molecule has 1 saturated carbocycles. The number of thioether (sulfide) groups is 1. The molecule has 1 aliphatic rings. The molecule has 1 fully saturated rings. The third-order valence-corrected chi connectivity index (χ3v) is 5.76. The Labute approximate surface area is 145 Å². The van der Waals surface area contributed by atoms with Crippen LogP contribution in [0.5, 0.6) is 0 Å². The molecule has 0 spiro atoms. The lowest BCUT2D eigenvalue weighted by Crippen LogP contribution is -2.48. The van der Waals surface area contributed by atoms with Crippen molar-refractivity contribution in [3.8, 4) is 0 Å². The second-order valence-electron chi connectivity index (χ2n) is 6.82. The third kappa shape index (κ3) is 8.81. The molecular weight excluding hydrogens is 332 g/mol. The molecule has 2 unspecified atom stereocenters. The molecular formula is C15H32N4O2S2. The van der Waals surface area contributed by atoms with Crippen LogP contribution in [0.25, 0.3) is 0 Å². The third-order valence-electron chi connectivity index (χ3n) is 3.74. The minimum Gasteiger partial charge on any atom is -0.357 e. The fraction of sp³-hybridized carbons (Fsp3) is 0.933. The Hall–Kier alpha value is -0.470. The van der Waals surface area contributed by atoms with E-state index in [0.717, 1.165) is 25.3 Å². The van der Waals surface area contributed by atoms with E-state index in [1.807, 2.05) is 32.5 Å². The van der Waals surface area contributed by atoms with Crippen LogP contribution >= 0.6 is 11.8 Å². The van der Waals surface area contributed by atoms with Crippen molar-refractivity contribution in [1.29, 1.82) is 0 Å². The van der Waals surface area contributed by atoms with Gasteiger partial charge in [0.05, 0.1) is 12.8 Å². The average molecular weight is 365 g/mol. The first-order valence-corrected chi connectivity index (χ1v) is 11.4. The van der Waals surface area contributed by atoms with E-state index in [-0.39, 0.29) is 0 Å². The largest absolute Gasteiger partial charge is 0.357 e. The SMILES string of the molecule is CCNC(=NCC(C)(C)NS(C)(=O)=O)NC1CCCC(SC)C1. The monoisotopic (exact) mass is 364 g/mol. The lowest BCUT2D eigenvalue weighted by molar-refractivity contribution is 0.417. The van der Waals surface area contributed by atoms with Gasteiger partial charge in [-0.3, -0.25) is 4.99 Å². The molecule has 136 valence electrons. The lowest BCUT2D eigenvalue weighted by atomic mass is 9.95. The van der Waals surface area contributed by atoms with Gasteiger partial charge in [0.25, 0.3) is 0 Å². The predicted octanol–water partition coefficient (Wildman–Crippen LogP) is 1.54. The van der Waals surface area contributed by atoms with Crippen LogP contribution in [0.2, 0.25) is 0 Å². The van der Waals surface area contributed by atoms with Crippen molar-refractivity contribution in [1.82, 2.24) is 15.4 Å². The Bertz CT molecular complexity index is 492. The molecule has 6 nitrogen and oxygen atoms in total. The van der Waals surface area contributed by atoms with E-state index in [1.165, 1.54) is 19.1 Å². The van der Waals surface area contributed by atoms with Crippen LogP contribution in [0.4, 0.5) is 0 Å². The minimum atomic E-state index is -3.24. The molecule has 0 aromatic rings. The van der Waals surface area contributed by atoms with Crippen molar-refractivity contribution in [3.63, 3.8) is 0 Å². The molecule has 0 amide bonds. The van der Waals surface area contributed by atoms with Crippen molar-refractivity contribution in [2.75, 3.05) is 25.6 Å². The van der Waals surface area contributed by atoms with E-state index in [1.54, 1.807) is 0 Å². The molecule has 0 aromatic heterocycles. The molecule has 3 N–H and O–H groups in total. The Balaban J connectivity index is 2.65. The minimum absolute atomic E-state index is 0.383. The van der Waals surface area contributed by atoms with Crippen LogP contribution in [0.3, 0.4) is 0 Å². The van der Waals surface area contributed by atoms with Crippen LogP contribution in [-0.2, 0) is 10.0 Å². The van der Waals surface area contributed by atoms with E-state index in [0.29, 0.717) is 17.8 Å². The molecule has 0 radical (unpaired) electrons. The highest BCUT2D eigenvalue weighted by molar-refractivity contribution is 7.99. The van der Waals surface area contributed by atoms with E-state index >= 15 is 0 Å². The number of aliphatic imine (C=N–C) groups is 1. The molecule has 1 rings (SSSR count). The van der Waals surface area contributed by atoms with Crippen LogP contribution in [0.1, 0.15) is 46.5 Å². The van der Waals surface area contributed by atoms with E-state index in [2.05, 4.69) is 26.6 Å². The van der Waals surface area contributed by atoms with Gasteiger partial charge in [0.1, 0.15) is 0 Å². The highest BCUT2D eigenvalue weighted by atomic mass is 32.2. The first-order valence-electron chi connectivity index (χ1n) is 8.22. The highest BCUT2D eigenvalue weighted by Gasteiger charge is 2.24. The molecule has 23 heavy (non-hydrogen) atoms. The zero-order valence-electron chi connectivity index (χ0n) is 15.0.